The van der Waals surface area contributed by atoms with Crippen molar-refractivity contribution in [1.82, 2.24) is 9.78 Å². The molecule has 1 heterocycles. The lowest BCUT2D eigenvalue weighted by molar-refractivity contribution is -0.122. The first-order valence-corrected chi connectivity index (χ1v) is 7.09. The van der Waals surface area contributed by atoms with Crippen LogP contribution in [-0.2, 0) is 4.79 Å². The summed E-state index contributed by atoms with van der Waals surface area (Å²) in [6.45, 7) is 3.92. The van der Waals surface area contributed by atoms with Crippen LogP contribution in [0.25, 0.3) is 5.69 Å². The molecule has 0 unspecified atom stereocenters. The lowest BCUT2D eigenvalue weighted by Crippen LogP contribution is -2.28. The predicted molar refractivity (Wildman–Crippen MR) is 79.0 cm³/mol. The molecule has 1 N–H and O–H groups in total. The van der Waals surface area contributed by atoms with Gasteiger partial charge in [0.2, 0.25) is 5.91 Å². The summed E-state index contributed by atoms with van der Waals surface area (Å²) in [5.74, 6) is 0.323. The molecular formula is C16H19N3O. The Morgan fingerprint density at radius 2 is 1.95 bits per heavy atom. The molecule has 4 heteroatoms. The Labute approximate surface area is 118 Å². The Morgan fingerprint density at radius 1 is 1.25 bits per heavy atom. The van der Waals surface area contributed by atoms with E-state index in [9.17, 15) is 4.79 Å². The Morgan fingerprint density at radius 3 is 2.55 bits per heavy atom. The van der Waals surface area contributed by atoms with Crippen LogP contribution in [0.1, 0.15) is 30.7 Å². The van der Waals surface area contributed by atoms with E-state index >= 15 is 0 Å². The zero-order valence-corrected chi connectivity index (χ0v) is 11.9. The third-order valence-electron chi connectivity index (χ3n) is 4.02. The van der Waals surface area contributed by atoms with E-state index in [-0.39, 0.29) is 11.8 Å². The molecule has 0 radical (unpaired) electrons. The van der Waals surface area contributed by atoms with Gasteiger partial charge in [0.1, 0.15) is 0 Å². The largest absolute Gasteiger partial charge is 0.323 e. The molecule has 1 saturated carbocycles. The van der Waals surface area contributed by atoms with Crippen molar-refractivity contribution in [3.05, 3.63) is 41.7 Å². The predicted octanol–water partition coefficient (Wildman–Crippen LogP) is 3.23. The van der Waals surface area contributed by atoms with Gasteiger partial charge in [-0.2, -0.15) is 5.10 Å². The van der Waals surface area contributed by atoms with Crippen LogP contribution in [0.5, 0.6) is 0 Å². The number of benzene rings is 1. The molecule has 20 heavy (non-hydrogen) atoms. The second kappa shape index (κ2) is 5.12. The van der Waals surface area contributed by atoms with Gasteiger partial charge >= 0.3 is 0 Å². The zero-order valence-electron chi connectivity index (χ0n) is 11.9. The molecule has 1 aliphatic carbocycles. The van der Waals surface area contributed by atoms with E-state index in [4.69, 9.17) is 0 Å². The van der Waals surface area contributed by atoms with E-state index in [0.29, 0.717) is 0 Å². The molecule has 0 atom stereocenters. The average molecular weight is 269 g/mol. The number of hydrogen-bond donors (Lipinski definition) is 1. The average Bonchev–Trinajstić information content (AvgIpc) is 2.66. The van der Waals surface area contributed by atoms with Crippen molar-refractivity contribution < 1.29 is 4.79 Å². The summed E-state index contributed by atoms with van der Waals surface area (Å²) >= 11 is 0. The van der Waals surface area contributed by atoms with Crippen LogP contribution in [0.4, 0.5) is 5.69 Å². The Hall–Kier alpha value is -2.10. The van der Waals surface area contributed by atoms with E-state index in [0.717, 1.165) is 35.6 Å². The molecule has 1 aliphatic rings. The number of anilines is 1. The van der Waals surface area contributed by atoms with E-state index in [1.807, 2.05) is 48.9 Å². The molecule has 1 amide bonds. The zero-order chi connectivity index (χ0) is 14.1. The van der Waals surface area contributed by atoms with Gasteiger partial charge in [-0.3, -0.25) is 4.79 Å². The normalized spacial score (nSPS) is 14.9. The minimum atomic E-state index is 0.134. The van der Waals surface area contributed by atoms with Crippen molar-refractivity contribution in [2.45, 2.75) is 33.1 Å². The molecule has 0 spiro atoms. The third kappa shape index (κ3) is 2.22. The number of para-hydroxylation sites is 1. The Bertz CT molecular complexity index is 627. The lowest BCUT2D eigenvalue weighted by atomic mass is 9.85. The molecule has 1 aromatic heterocycles. The van der Waals surface area contributed by atoms with Crippen LogP contribution >= 0.6 is 0 Å². The summed E-state index contributed by atoms with van der Waals surface area (Å²) < 4.78 is 1.88. The minimum Gasteiger partial charge on any atom is -0.323 e. The number of carbonyl (C=O) groups excluding carboxylic acids is 1. The number of aryl methyl sites for hydroxylation is 1. The van der Waals surface area contributed by atoms with Gasteiger partial charge in [0, 0.05) is 5.92 Å². The molecule has 1 fully saturated rings. The van der Waals surface area contributed by atoms with Crippen LogP contribution in [-0.4, -0.2) is 15.7 Å². The molecule has 0 saturated heterocycles. The second-order valence-corrected chi connectivity index (χ2v) is 5.41. The number of hydrogen-bond acceptors (Lipinski definition) is 2. The van der Waals surface area contributed by atoms with Crippen LogP contribution in [0.3, 0.4) is 0 Å². The van der Waals surface area contributed by atoms with E-state index < -0.39 is 0 Å². The van der Waals surface area contributed by atoms with Crippen molar-refractivity contribution in [3.8, 4) is 5.69 Å². The van der Waals surface area contributed by atoms with Crippen LogP contribution in [0.2, 0.25) is 0 Å². The Kier molecular flexibility index (Phi) is 3.30. The topological polar surface area (TPSA) is 46.9 Å². The smallest absolute Gasteiger partial charge is 0.227 e. The first-order chi connectivity index (χ1) is 9.66. The molecule has 0 aliphatic heterocycles. The van der Waals surface area contributed by atoms with Gasteiger partial charge in [0.15, 0.2) is 0 Å². The molecular weight excluding hydrogens is 250 g/mol. The highest BCUT2D eigenvalue weighted by atomic mass is 16.1. The molecule has 0 bridgehead atoms. The summed E-state index contributed by atoms with van der Waals surface area (Å²) in [5.41, 5.74) is 3.70. The van der Waals surface area contributed by atoms with E-state index in [2.05, 4.69) is 10.4 Å². The first kappa shape index (κ1) is 12.9. The molecule has 2 aromatic rings. The number of rotatable bonds is 3. The van der Waals surface area contributed by atoms with E-state index in [1.165, 1.54) is 6.42 Å². The summed E-state index contributed by atoms with van der Waals surface area (Å²) in [7, 11) is 0. The fraction of sp³-hybridized carbons (Fsp3) is 0.375. The summed E-state index contributed by atoms with van der Waals surface area (Å²) in [6, 6.07) is 9.97. The fourth-order valence-corrected chi connectivity index (χ4v) is 2.54. The molecule has 104 valence electrons. The van der Waals surface area contributed by atoms with Crippen LogP contribution in [0, 0.1) is 19.8 Å². The minimum absolute atomic E-state index is 0.134. The molecule has 3 rings (SSSR count). The highest BCUT2D eigenvalue weighted by Crippen LogP contribution is 2.29. The van der Waals surface area contributed by atoms with Crippen LogP contribution in [0.15, 0.2) is 30.3 Å². The van der Waals surface area contributed by atoms with Gasteiger partial charge < -0.3 is 5.32 Å². The van der Waals surface area contributed by atoms with Gasteiger partial charge in [-0.15, -0.1) is 0 Å². The third-order valence-corrected chi connectivity index (χ3v) is 4.02. The Balaban J connectivity index is 1.89. The van der Waals surface area contributed by atoms with Gasteiger partial charge in [-0.25, -0.2) is 4.68 Å². The maximum atomic E-state index is 12.1. The van der Waals surface area contributed by atoms with Crippen molar-refractivity contribution in [3.63, 3.8) is 0 Å². The number of nitrogens with one attached hydrogen (secondary N) is 1. The highest BCUT2D eigenvalue weighted by Gasteiger charge is 2.26. The lowest BCUT2D eigenvalue weighted by Gasteiger charge is -2.24. The van der Waals surface area contributed by atoms with E-state index in [1.54, 1.807) is 0 Å². The van der Waals surface area contributed by atoms with Gasteiger partial charge in [-0.05, 0) is 38.8 Å². The number of nitrogens with zero attached hydrogens (tertiary/aromatic N) is 2. The van der Waals surface area contributed by atoms with Gasteiger partial charge in [0.05, 0.1) is 22.8 Å². The summed E-state index contributed by atoms with van der Waals surface area (Å²) in [5, 5.41) is 7.59. The van der Waals surface area contributed by atoms with Crippen molar-refractivity contribution in [2.75, 3.05) is 5.32 Å². The van der Waals surface area contributed by atoms with Crippen molar-refractivity contribution in [2.24, 2.45) is 5.92 Å². The maximum Gasteiger partial charge on any atom is 0.227 e. The maximum absolute atomic E-state index is 12.1. The standard InChI is InChI=1S/C16H19N3O/c1-11-15(17-16(20)13-7-6-8-13)12(2)19(18-11)14-9-4-3-5-10-14/h3-5,9-10,13H,6-8H2,1-2H3,(H,17,20). The number of amides is 1. The molecule has 4 nitrogen and oxygen atoms in total. The highest BCUT2D eigenvalue weighted by molar-refractivity contribution is 5.94. The monoisotopic (exact) mass is 269 g/mol. The van der Waals surface area contributed by atoms with Crippen molar-refractivity contribution in [1.29, 1.82) is 0 Å². The van der Waals surface area contributed by atoms with Gasteiger partial charge in [0.25, 0.3) is 0 Å². The molecule has 1 aromatic carbocycles. The van der Waals surface area contributed by atoms with Crippen molar-refractivity contribution >= 4 is 11.6 Å². The second-order valence-electron chi connectivity index (χ2n) is 5.41. The fourth-order valence-electron chi connectivity index (χ4n) is 2.54. The number of carbonyl (C=O) groups is 1. The summed E-state index contributed by atoms with van der Waals surface area (Å²) in [6.07, 6.45) is 3.19. The SMILES string of the molecule is Cc1nn(-c2ccccc2)c(C)c1NC(=O)C1CCC1. The van der Waals surface area contributed by atoms with Crippen LogP contribution < -0.4 is 5.32 Å². The summed E-state index contributed by atoms with van der Waals surface area (Å²) in [4.78, 5) is 12.1. The quantitative estimate of drug-likeness (QED) is 0.930. The first-order valence-electron chi connectivity index (χ1n) is 7.09. The number of aromatic nitrogens is 2. The van der Waals surface area contributed by atoms with Gasteiger partial charge in [-0.1, -0.05) is 24.6 Å².